The molecule has 1 nitrogen and oxygen atoms in total. The van der Waals surface area contributed by atoms with Crippen molar-refractivity contribution >= 4 is 0 Å². The SMILES string of the molecule is CCCC(C)C(CCC(F)(F)F)NC. The second-order valence-electron chi connectivity index (χ2n) is 3.81. The van der Waals surface area contributed by atoms with Crippen LogP contribution in [0.2, 0.25) is 0 Å². The molecule has 0 rings (SSSR count). The highest BCUT2D eigenvalue weighted by molar-refractivity contribution is 4.72. The van der Waals surface area contributed by atoms with Crippen LogP contribution in [0.25, 0.3) is 0 Å². The topological polar surface area (TPSA) is 12.0 Å². The van der Waals surface area contributed by atoms with Gasteiger partial charge in [0.05, 0.1) is 0 Å². The van der Waals surface area contributed by atoms with Crippen molar-refractivity contribution < 1.29 is 13.2 Å². The van der Waals surface area contributed by atoms with Gasteiger partial charge in [-0.05, 0) is 25.8 Å². The number of hydrogen-bond donors (Lipinski definition) is 1. The molecule has 4 heteroatoms. The van der Waals surface area contributed by atoms with Crippen molar-refractivity contribution in [3.05, 3.63) is 0 Å². The summed E-state index contributed by atoms with van der Waals surface area (Å²) < 4.78 is 35.9. The maximum atomic E-state index is 12.0. The Morgan fingerprint density at radius 2 is 1.79 bits per heavy atom. The van der Waals surface area contributed by atoms with E-state index in [0.29, 0.717) is 5.92 Å². The predicted molar refractivity (Wildman–Crippen MR) is 52.2 cm³/mol. The third-order valence-electron chi connectivity index (χ3n) is 2.54. The largest absolute Gasteiger partial charge is 0.389 e. The Hall–Kier alpha value is -0.250. The van der Waals surface area contributed by atoms with Gasteiger partial charge in [-0.15, -0.1) is 0 Å². The molecule has 2 atom stereocenters. The van der Waals surface area contributed by atoms with E-state index in [4.69, 9.17) is 0 Å². The van der Waals surface area contributed by atoms with Crippen LogP contribution in [0.1, 0.15) is 39.5 Å². The van der Waals surface area contributed by atoms with Gasteiger partial charge in [0, 0.05) is 12.5 Å². The normalized spacial score (nSPS) is 16.7. The molecular weight excluding hydrogens is 191 g/mol. The highest BCUT2D eigenvalue weighted by atomic mass is 19.4. The van der Waals surface area contributed by atoms with E-state index in [1.165, 1.54) is 0 Å². The summed E-state index contributed by atoms with van der Waals surface area (Å²) in [6.07, 6.45) is -2.54. The van der Waals surface area contributed by atoms with Crippen molar-refractivity contribution in [3.8, 4) is 0 Å². The molecule has 0 amide bonds. The van der Waals surface area contributed by atoms with E-state index in [9.17, 15) is 13.2 Å². The highest BCUT2D eigenvalue weighted by Crippen LogP contribution is 2.25. The van der Waals surface area contributed by atoms with Crippen molar-refractivity contribution in [2.45, 2.75) is 51.7 Å². The Labute approximate surface area is 84.1 Å². The van der Waals surface area contributed by atoms with Gasteiger partial charge in [-0.3, -0.25) is 0 Å². The molecule has 0 aromatic rings. The molecule has 0 fully saturated rings. The van der Waals surface area contributed by atoms with Gasteiger partial charge in [0.2, 0.25) is 0 Å². The number of rotatable bonds is 6. The molecule has 2 unspecified atom stereocenters. The number of nitrogens with one attached hydrogen (secondary N) is 1. The smallest absolute Gasteiger partial charge is 0.317 e. The average molecular weight is 211 g/mol. The van der Waals surface area contributed by atoms with Gasteiger partial charge in [0.1, 0.15) is 0 Å². The lowest BCUT2D eigenvalue weighted by molar-refractivity contribution is -0.137. The summed E-state index contributed by atoms with van der Waals surface area (Å²) in [5.74, 6) is 0.312. The van der Waals surface area contributed by atoms with Gasteiger partial charge >= 0.3 is 6.18 Å². The molecule has 14 heavy (non-hydrogen) atoms. The third-order valence-corrected chi connectivity index (χ3v) is 2.54. The first-order valence-corrected chi connectivity index (χ1v) is 5.14. The van der Waals surface area contributed by atoms with Crippen molar-refractivity contribution in [1.82, 2.24) is 5.32 Å². The molecule has 0 saturated carbocycles. The van der Waals surface area contributed by atoms with E-state index in [1.54, 1.807) is 7.05 Å². The van der Waals surface area contributed by atoms with Crippen LogP contribution < -0.4 is 5.32 Å². The minimum absolute atomic E-state index is 0.0171. The number of halogens is 3. The molecule has 0 saturated heterocycles. The zero-order chi connectivity index (χ0) is 11.2. The van der Waals surface area contributed by atoms with Crippen LogP contribution in [-0.2, 0) is 0 Å². The molecule has 0 aliphatic rings. The monoisotopic (exact) mass is 211 g/mol. The fourth-order valence-corrected chi connectivity index (χ4v) is 1.69. The van der Waals surface area contributed by atoms with Gasteiger partial charge < -0.3 is 5.32 Å². The molecule has 0 aromatic heterocycles. The lowest BCUT2D eigenvalue weighted by atomic mass is 9.93. The zero-order valence-corrected chi connectivity index (χ0v) is 9.12. The highest BCUT2D eigenvalue weighted by Gasteiger charge is 2.29. The maximum absolute atomic E-state index is 12.0. The van der Waals surface area contributed by atoms with E-state index >= 15 is 0 Å². The first-order chi connectivity index (χ1) is 6.40. The quantitative estimate of drug-likeness (QED) is 0.710. The van der Waals surface area contributed by atoms with E-state index < -0.39 is 12.6 Å². The van der Waals surface area contributed by atoms with Crippen LogP contribution in [-0.4, -0.2) is 19.3 Å². The number of hydrogen-bond acceptors (Lipinski definition) is 1. The molecule has 86 valence electrons. The van der Waals surface area contributed by atoms with Crippen LogP contribution in [0.3, 0.4) is 0 Å². The minimum atomic E-state index is -4.03. The van der Waals surface area contributed by atoms with E-state index in [2.05, 4.69) is 5.32 Å². The van der Waals surface area contributed by atoms with Crippen LogP contribution >= 0.6 is 0 Å². The van der Waals surface area contributed by atoms with Crippen molar-refractivity contribution in [2.24, 2.45) is 5.92 Å². The fourth-order valence-electron chi connectivity index (χ4n) is 1.69. The van der Waals surface area contributed by atoms with Gasteiger partial charge in [0.25, 0.3) is 0 Å². The third kappa shape index (κ3) is 6.24. The summed E-state index contributed by atoms with van der Waals surface area (Å²) >= 11 is 0. The van der Waals surface area contributed by atoms with Gasteiger partial charge in [-0.1, -0.05) is 20.3 Å². The fraction of sp³-hybridized carbons (Fsp3) is 1.00. The summed E-state index contributed by atoms with van der Waals surface area (Å²) in [6.45, 7) is 4.05. The Morgan fingerprint density at radius 3 is 2.14 bits per heavy atom. The van der Waals surface area contributed by atoms with Gasteiger partial charge in [0.15, 0.2) is 0 Å². The lowest BCUT2D eigenvalue weighted by Gasteiger charge is -2.23. The summed E-state index contributed by atoms with van der Waals surface area (Å²) in [6, 6.07) is -0.0171. The Balaban J connectivity index is 3.90. The van der Waals surface area contributed by atoms with Crippen LogP contribution in [0, 0.1) is 5.92 Å². The van der Waals surface area contributed by atoms with Crippen LogP contribution in [0.4, 0.5) is 13.2 Å². The molecular formula is C10H20F3N. The summed E-state index contributed by atoms with van der Waals surface area (Å²) in [5.41, 5.74) is 0. The summed E-state index contributed by atoms with van der Waals surface area (Å²) in [7, 11) is 1.73. The maximum Gasteiger partial charge on any atom is 0.389 e. The lowest BCUT2D eigenvalue weighted by Crippen LogP contribution is -2.33. The Morgan fingerprint density at radius 1 is 1.21 bits per heavy atom. The second kappa shape index (κ2) is 6.27. The second-order valence-corrected chi connectivity index (χ2v) is 3.81. The standard InChI is InChI=1S/C10H20F3N/c1-4-5-8(2)9(14-3)6-7-10(11,12)13/h8-9,14H,4-7H2,1-3H3. The van der Waals surface area contributed by atoms with Crippen molar-refractivity contribution in [2.75, 3.05) is 7.05 Å². The average Bonchev–Trinajstić information content (AvgIpc) is 2.03. The van der Waals surface area contributed by atoms with E-state index in [0.717, 1.165) is 12.8 Å². The molecule has 1 N–H and O–H groups in total. The molecule has 0 spiro atoms. The van der Waals surface area contributed by atoms with Gasteiger partial charge in [-0.2, -0.15) is 13.2 Å². The predicted octanol–water partition coefficient (Wildman–Crippen LogP) is 3.35. The van der Waals surface area contributed by atoms with Crippen molar-refractivity contribution in [1.29, 1.82) is 0 Å². The zero-order valence-electron chi connectivity index (χ0n) is 9.12. The van der Waals surface area contributed by atoms with Crippen LogP contribution in [0.15, 0.2) is 0 Å². The molecule has 0 aliphatic carbocycles. The molecule has 0 aliphatic heterocycles. The van der Waals surface area contributed by atoms with E-state index in [1.807, 2.05) is 13.8 Å². The first kappa shape index (κ1) is 13.8. The Kier molecular flexibility index (Phi) is 6.16. The summed E-state index contributed by atoms with van der Waals surface area (Å²) in [5, 5.41) is 2.96. The molecule has 0 aromatic carbocycles. The van der Waals surface area contributed by atoms with Crippen LogP contribution in [0.5, 0.6) is 0 Å². The van der Waals surface area contributed by atoms with Gasteiger partial charge in [-0.25, -0.2) is 0 Å². The van der Waals surface area contributed by atoms with E-state index in [-0.39, 0.29) is 12.5 Å². The molecule has 0 radical (unpaired) electrons. The minimum Gasteiger partial charge on any atom is -0.317 e. The first-order valence-electron chi connectivity index (χ1n) is 5.14. The summed E-state index contributed by atoms with van der Waals surface area (Å²) in [4.78, 5) is 0. The molecule has 0 bridgehead atoms. The Bertz CT molecular complexity index is 145. The number of alkyl halides is 3. The molecule has 0 heterocycles. The van der Waals surface area contributed by atoms with Crippen molar-refractivity contribution in [3.63, 3.8) is 0 Å².